The fraction of sp³-hybridized carbons (Fsp3) is 0. The van der Waals surface area contributed by atoms with Crippen molar-refractivity contribution in [2.24, 2.45) is 0 Å². The molecule has 0 bridgehead atoms. The standard InChI is InChI=1S/C7H6O5P/c8-5-12-6-3-1-2-4-7(6)13(9,10)11/h1-4H,(H2,9,10,11). The van der Waals surface area contributed by atoms with Crippen LogP contribution in [0.15, 0.2) is 24.3 Å². The van der Waals surface area contributed by atoms with Crippen molar-refractivity contribution in [2.45, 2.75) is 0 Å². The van der Waals surface area contributed by atoms with E-state index in [9.17, 15) is 9.36 Å². The van der Waals surface area contributed by atoms with Crippen molar-refractivity contribution in [1.29, 1.82) is 0 Å². The predicted molar refractivity (Wildman–Crippen MR) is 44.4 cm³/mol. The van der Waals surface area contributed by atoms with E-state index >= 15 is 0 Å². The smallest absolute Gasteiger partial charge is 0.417 e. The number of hydrogen-bond donors (Lipinski definition) is 2. The van der Waals surface area contributed by atoms with E-state index < -0.39 is 7.60 Å². The van der Waals surface area contributed by atoms with Crippen LogP contribution in [0.4, 0.5) is 0 Å². The maximum absolute atomic E-state index is 10.8. The van der Waals surface area contributed by atoms with Crippen molar-refractivity contribution in [3.8, 4) is 5.75 Å². The molecule has 6 heteroatoms. The molecule has 0 aliphatic carbocycles. The van der Waals surface area contributed by atoms with E-state index in [0.29, 0.717) is 0 Å². The minimum atomic E-state index is -4.39. The Labute approximate surface area is 74.1 Å². The Balaban J connectivity index is 3.19. The largest absolute Gasteiger partial charge is 0.423 e. The molecule has 2 N–H and O–H groups in total. The maximum atomic E-state index is 10.8. The summed E-state index contributed by atoms with van der Waals surface area (Å²) in [4.78, 5) is 27.4. The van der Waals surface area contributed by atoms with Crippen molar-refractivity contribution in [2.75, 3.05) is 0 Å². The average Bonchev–Trinajstić information content (AvgIpc) is 2.04. The van der Waals surface area contributed by atoms with E-state index in [1.807, 2.05) is 0 Å². The minimum Gasteiger partial charge on any atom is -0.417 e. The quantitative estimate of drug-likeness (QED) is 0.669. The van der Waals surface area contributed by atoms with Crippen LogP contribution in [-0.4, -0.2) is 16.3 Å². The van der Waals surface area contributed by atoms with Crippen LogP contribution in [0.3, 0.4) is 0 Å². The number of benzene rings is 1. The Hall–Kier alpha value is -1.16. The van der Waals surface area contributed by atoms with Gasteiger partial charge in [-0.2, -0.15) is 0 Å². The highest BCUT2D eigenvalue weighted by molar-refractivity contribution is 7.60. The molecule has 0 aromatic heterocycles. The summed E-state index contributed by atoms with van der Waals surface area (Å²) < 4.78 is 15.1. The Morgan fingerprint density at radius 3 is 2.46 bits per heavy atom. The summed E-state index contributed by atoms with van der Waals surface area (Å²) in [5.74, 6) is -0.175. The molecule has 0 amide bonds. The van der Waals surface area contributed by atoms with Crippen molar-refractivity contribution in [1.82, 2.24) is 0 Å². The van der Waals surface area contributed by atoms with Gasteiger partial charge in [-0.1, -0.05) is 12.1 Å². The van der Waals surface area contributed by atoms with Crippen molar-refractivity contribution < 1.29 is 23.9 Å². The van der Waals surface area contributed by atoms with E-state index in [1.54, 1.807) is 0 Å². The van der Waals surface area contributed by atoms with Gasteiger partial charge >= 0.3 is 14.1 Å². The van der Waals surface area contributed by atoms with Gasteiger partial charge in [0.1, 0.15) is 11.1 Å². The summed E-state index contributed by atoms with van der Waals surface area (Å²) in [6.45, 7) is 1.10. The van der Waals surface area contributed by atoms with Crippen LogP contribution < -0.4 is 10.0 Å². The molecule has 13 heavy (non-hydrogen) atoms. The molecule has 1 rings (SSSR count). The molecule has 5 nitrogen and oxygen atoms in total. The molecule has 0 unspecified atom stereocenters. The van der Waals surface area contributed by atoms with E-state index in [-0.39, 0.29) is 11.1 Å². The van der Waals surface area contributed by atoms with Crippen LogP contribution in [0, 0.1) is 0 Å². The summed E-state index contributed by atoms with van der Waals surface area (Å²) in [6, 6.07) is 5.39. The van der Waals surface area contributed by atoms with Gasteiger partial charge in [0.25, 0.3) is 0 Å². The van der Waals surface area contributed by atoms with Crippen LogP contribution >= 0.6 is 7.60 Å². The summed E-state index contributed by atoms with van der Waals surface area (Å²) in [5, 5.41) is -0.321. The molecule has 0 heterocycles. The SMILES string of the molecule is O=[C]Oc1ccccc1P(=O)(O)O. The molecule has 0 saturated heterocycles. The number of ether oxygens (including phenoxy) is 1. The zero-order valence-electron chi connectivity index (χ0n) is 6.38. The number of hydrogen-bond acceptors (Lipinski definition) is 3. The van der Waals surface area contributed by atoms with Gasteiger partial charge in [0.15, 0.2) is 0 Å². The first-order valence-corrected chi connectivity index (χ1v) is 4.86. The lowest BCUT2D eigenvalue weighted by molar-refractivity contribution is 0.385. The van der Waals surface area contributed by atoms with Crippen LogP contribution in [0.2, 0.25) is 0 Å². The second kappa shape index (κ2) is 3.70. The van der Waals surface area contributed by atoms with Gasteiger partial charge in [0, 0.05) is 0 Å². The van der Waals surface area contributed by atoms with Gasteiger partial charge in [-0.3, -0.25) is 4.57 Å². The van der Waals surface area contributed by atoms with E-state index in [2.05, 4.69) is 4.74 Å². The maximum Gasteiger partial charge on any atom is 0.423 e. The number of carbonyl (C=O) groups excluding carboxylic acids is 1. The van der Waals surface area contributed by atoms with Crippen molar-refractivity contribution in [3.63, 3.8) is 0 Å². The van der Waals surface area contributed by atoms with Gasteiger partial charge in [-0.05, 0) is 12.1 Å². The van der Waals surface area contributed by atoms with Crippen LogP contribution in [-0.2, 0) is 9.36 Å². The molecule has 0 fully saturated rings. The molecular weight excluding hydrogens is 195 g/mol. The monoisotopic (exact) mass is 201 g/mol. The number of para-hydroxylation sites is 1. The van der Waals surface area contributed by atoms with Crippen LogP contribution in [0.5, 0.6) is 5.75 Å². The fourth-order valence-corrected chi connectivity index (χ4v) is 1.52. The molecule has 0 spiro atoms. The first-order chi connectivity index (χ1) is 6.05. The van der Waals surface area contributed by atoms with Gasteiger partial charge in [-0.15, -0.1) is 0 Å². The summed E-state index contributed by atoms with van der Waals surface area (Å²) in [7, 11) is -4.39. The van der Waals surface area contributed by atoms with Crippen LogP contribution in [0.25, 0.3) is 0 Å². The first kappa shape index (κ1) is 9.92. The highest BCUT2D eigenvalue weighted by Crippen LogP contribution is 2.36. The van der Waals surface area contributed by atoms with Gasteiger partial charge in [-0.25, -0.2) is 4.79 Å². The zero-order chi connectivity index (χ0) is 9.90. The Morgan fingerprint density at radius 1 is 1.31 bits per heavy atom. The lowest BCUT2D eigenvalue weighted by Crippen LogP contribution is -2.08. The van der Waals surface area contributed by atoms with Gasteiger partial charge in [0.05, 0.1) is 0 Å². The lowest BCUT2D eigenvalue weighted by atomic mass is 10.3. The highest BCUT2D eigenvalue weighted by atomic mass is 31.2. The van der Waals surface area contributed by atoms with E-state index in [1.165, 1.54) is 24.3 Å². The Kier molecular flexibility index (Phi) is 2.83. The summed E-state index contributed by atoms with van der Waals surface area (Å²) in [5.41, 5.74) is 0. The zero-order valence-corrected chi connectivity index (χ0v) is 7.27. The fourth-order valence-electron chi connectivity index (χ4n) is 0.829. The third-order valence-electron chi connectivity index (χ3n) is 1.33. The third-order valence-corrected chi connectivity index (χ3v) is 2.33. The Morgan fingerprint density at radius 2 is 1.92 bits per heavy atom. The van der Waals surface area contributed by atoms with Gasteiger partial charge < -0.3 is 14.5 Å². The number of rotatable bonds is 3. The van der Waals surface area contributed by atoms with Crippen LogP contribution in [0.1, 0.15) is 0 Å². The van der Waals surface area contributed by atoms with E-state index in [0.717, 1.165) is 6.47 Å². The molecule has 0 atom stereocenters. The molecule has 1 aromatic rings. The summed E-state index contributed by atoms with van der Waals surface area (Å²) in [6.07, 6.45) is 0. The topological polar surface area (TPSA) is 83.8 Å². The van der Waals surface area contributed by atoms with Gasteiger partial charge in [0.2, 0.25) is 0 Å². The first-order valence-electron chi connectivity index (χ1n) is 3.25. The second-order valence-electron chi connectivity index (χ2n) is 2.20. The predicted octanol–water partition coefficient (Wildman–Crippen LogP) is -0.0644. The second-order valence-corrected chi connectivity index (χ2v) is 3.77. The average molecular weight is 201 g/mol. The molecule has 1 aromatic carbocycles. The molecular formula is C7H6O5P. The molecule has 1 radical (unpaired) electrons. The van der Waals surface area contributed by atoms with Crippen molar-refractivity contribution >= 4 is 19.4 Å². The highest BCUT2D eigenvalue weighted by Gasteiger charge is 2.21. The summed E-state index contributed by atoms with van der Waals surface area (Å²) >= 11 is 0. The third kappa shape index (κ3) is 2.39. The molecule has 0 aliphatic rings. The van der Waals surface area contributed by atoms with E-state index in [4.69, 9.17) is 9.79 Å². The minimum absolute atomic E-state index is 0.175. The Bertz CT molecular complexity index is 356. The lowest BCUT2D eigenvalue weighted by Gasteiger charge is -2.06. The normalized spacial score (nSPS) is 10.9. The molecule has 0 aliphatic heterocycles. The molecule has 0 saturated carbocycles. The molecule has 69 valence electrons. The van der Waals surface area contributed by atoms with Crippen molar-refractivity contribution in [3.05, 3.63) is 24.3 Å².